The van der Waals surface area contributed by atoms with Crippen LogP contribution in [-0.2, 0) is 11.2 Å². The Kier molecular flexibility index (Phi) is 3.62. The van der Waals surface area contributed by atoms with Crippen molar-refractivity contribution in [1.29, 1.82) is 0 Å². The number of hydrogen-bond acceptors (Lipinski definition) is 3. The molecule has 2 aromatic rings. The molecule has 1 aliphatic heterocycles. The minimum atomic E-state index is -0.210. The first-order valence-electron chi connectivity index (χ1n) is 7.72. The van der Waals surface area contributed by atoms with Crippen molar-refractivity contribution in [2.24, 2.45) is 0 Å². The van der Waals surface area contributed by atoms with Gasteiger partial charge in [-0.15, -0.1) is 0 Å². The number of hydrogen-bond donors (Lipinski definition) is 1. The Morgan fingerprint density at radius 1 is 1.30 bits per heavy atom. The average molecular weight is 316 g/mol. The van der Waals surface area contributed by atoms with E-state index in [-0.39, 0.29) is 17.9 Å². The molecule has 0 fully saturated rings. The van der Waals surface area contributed by atoms with Crippen molar-refractivity contribution < 1.29 is 9.18 Å². The summed E-state index contributed by atoms with van der Waals surface area (Å²) in [5, 5.41) is 4.63. The molecule has 0 aliphatic carbocycles. The number of nitrogens with two attached hydrogens (primary N) is 1. The van der Waals surface area contributed by atoms with Crippen LogP contribution in [0.15, 0.2) is 12.1 Å². The molecule has 2 heterocycles. The van der Waals surface area contributed by atoms with Crippen molar-refractivity contribution in [1.82, 2.24) is 14.7 Å². The van der Waals surface area contributed by atoms with Crippen molar-refractivity contribution in [3.8, 4) is 5.69 Å². The van der Waals surface area contributed by atoms with Crippen LogP contribution >= 0.6 is 0 Å². The molecule has 1 aliphatic rings. The number of fused-ring (bicyclic) bond motifs is 1. The van der Waals surface area contributed by atoms with Gasteiger partial charge >= 0.3 is 0 Å². The number of anilines is 1. The van der Waals surface area contributed by atoms with E-state index in [1.54, 1.807) is 35.6 Å². The molecule has 3 rings (SSSR count). The Morgan fingerprint density at radius 3 is 2.48 bits per heavy atom. The van der Waals surface area contributed by atoms with Crippen molar-refractivity contribution in [2.75, 3.05) is 5.73 Å². The number of aromatic nitrogens is 2. The quantitative estimate of drug-likeness (QED) is 0.866. The van der Waals surface area contributed by atoms with Gasteiger partial charge in [-0.1, -0.05) is 0 Å². The second kappa shape index (κ2) is 5.37. The van der Waals surface area contributed by atoms with E-state index in [4.69, 9.17) is 5.73 Å². The van der Waals surface area contributed by atoms with Gasteiger partial charge in [0.05, 0.1) is 17.4 Å². The van der Waals surface area contributed by atoms with Gasteiger partial charge in [0.2, 0.25) is 6.41 Å². The highest BCUT2D eigenvalue weighted by atomic mass is 19.1. The van der Waals surface area contributed by atoms with Crippen molar-refractivity contribution in [3.63, 3.8) is 0 Å². The zero-order valence-electron chi connectivity index (χ0n) is 13.8. The maximum absolute atomic E-state index is 13.9. The first-order valence-corrected chi connectivity index (χ1v) is 7.72. The van der Waals surface area contributed by atoms with Gasteiger partial charge in [0.25, 0.3) is 0 Å². The monoisotopic (exact) mass is 316 g/mol. The van der Waals surface area contributed by atoms with Crippen LogP contribution in [0.25, 0.3) is 5.69 Å². The molecule has 0 bridgehead atoms. The first-order chi connectivity index (χ1) is 10.8. The highest BCUT2D eigenvalue weighted by Crippen LogP contribution is 2.36. The third-order valence-electron chi connectivity index (χ3n) is 4.69. The summed E-state index contributed by atoms with van der Waals surface area (Å²) < 4.78 is 15.5. The van der Waals surface area contributed by atoms with Crippen LogP contribution < -0.4 is 5.73 Å². The van der Waals surface area contributed by atoms with Crippen molar-refractivity contribution >= 4 is 12.2 Å². The molecule has 0 radical (unpaired) electrons. The zero-order chi connectivity index (χ0) is 16.9. The highest BCUT2D eigenvalue weighted by Gasteiger charge is 2.33. The van der Waals surface area contributed by atoms with Crippen LogP contribution in [0.1, 0.15) is 42.3 Å². The summed E-state index contributed by atoms with van der Waals surface area (Å²) in [5.74, 6) is 0.301. The number of benzene rings is 1. The van der Waals surface area contributed by atoms with Gasteiger partial charge in [-0.05, 0) is 51.0 Å². The predicted molar refractivity (Wildman–Crippen MR) is 86.9 cm³/mol. The van der Waals surface area contributed by atoms with Crippen LogP contribution in [0, 0.1) is 19.7 Å². The molecule has 0 saturated heterocycles. The Morgan fingerprint density at radius 2 is 1.91 bits per heavy atom. The number of nitrogens with zero attached hydrogens (tertiary/aromatic N) is 3. The Bertz CT molecular complexity index is 760. The highest BCUT2D eigenvalue weighted by molar-refractivity contribution is 5.58. The standard InChI is InChI=1S/C17H21FN4O/c1-9-5-13(6-10(2)16(9)18)22-17(19)15-12(4)21(8-23)11(3)7-14(15)20-22/h5-6,8,11-12H,7,19H2,1-4H3/t11-,12+/m1/s1. The lowest BCUT2D eigenvalue weighted by Gasteiger charge is -2.35. The molecular formula is C17H21FN4O. The molecule has 122 valence electrons. The molecule has 0 spiro atoms. The lowest BCUT2D eigenvalue weighted by Crippen LogP contribution is -2.39. The fourth-order valence-electron chi connectivity index (χ4n) is 3.45. The minimum absolute atomic E-state index is 0.0782. The third kappa shape index (κ3) is 2.29. The van der Waals surface area contributed by atoms with Crippen LogP contribution in [0.5, 0.6) is 0 Å². The second-order valence-corrected chi connectivity index (χ2v) is 6.33. The SMILES string of the molecule is Cc1cc(-n2nc3c(c2N)[C@H](C)N(C=O)[C@H](C)C3)cc(C)c1F. The molecule has 23 heavy (non-hydrogen) atoms. The molecule has 2 atom stereocenters. The lowest BCUT2D eigenvalue weighted by atomic mass is 9.95. The average Bonchev–Trinajstić information content (AvgIpc) is 2.81. The summed E-state index contributed by atoms with van der Waals surface area (Å²) in [7, 11) is 0. The van der Waals surface area contributed by atoms with Gasteiger partial charge < -0.3 is 10.6 Å². The number of nitrogen functional groups attached to an aromatic ring is 1. The molecule has 0 saturated carbocycles. The van der Waals surface area contributed by atoms with Crippen molar-refractivity contribution in [2.45, 2.75) is 46.2 Å². The molecule has 1 aromatic heterocycles. The van der Waals surface area contributed by atoms with E-state index in [9.17, 15) is 9.18 Å². The van der Waals surface area contributed by atoms with E-state index in [0.717, 1.165) is 23.4 Å². The first kappa shape index (κ1) is 15.5. The van der Waals surface area contributed by atoms with Crippen LogP contribution in [0.4, 0.5) is 10.2 Å². The summed E-state index contributed by atoms with van der Waals surface area (Å²) in [5.41, 5.74) is 9.96. The molecule has 5 nitrogen and oxygen atoms in total. The fourth-order valence-corrected chi connectivity index (χ4v) is 3.45. The number of rotatable bonds is 2. The molecular weight excluding hydrogens is 295 g/mol. The van der Waals surface area contributed by atoms with E-state index < -0.39 is 0 Å². The van der Waals surface area contributed by atoms with E-state index in [2.05, 4.69) is 5.10 Å². The number of halogens is 1. The van der Waals surface area contributed by atoms with E-state index in [1.807, 2.05) is 13.8 Å². The molecule has 1 amide bonds. The van der Waals surface area contributed by atoms with Gasteiger partial charge in [-0.3, -0.25) is 4.79 Å². The van der Waals surface area contributed by atoms with E-state index >= 15 is 0 Å². The molecule has 1 aromatic carbocycles. The molecule has 6 heteroatoms. The summed E-state index contributed by atoms with van der Waals surface area (Å²) in [6, 6.07) is 3.43. The zero-order valence-corrected chi connectivity index (χ0v) is 13.8. The molecule has 0 unspecified atom stereocenters. The number of aryl methyl sites for hydroxylation is 2. The summed E-state index contributed by atoms with van der Waals surface area (Å²) in [4.78, 5) is 13.1. The van der Waals surface area contributed by atoms with Gasteiger partial charge in [-0.2, -0.15) is 5.10 Å². The second-order valence-electron chi connectivity index (χ2n) is 6.33. The summed E-state index contributed by atoms with van der Waals surface area (Å²) in [6.07, 6.45) is 1.52. The summed E-state index contributed by atoms with van der Waals surface area (Å²) >= 11 is 0. The normalized spacial score (nSPS) is 20.5. The topological polar surface area (TPSA) is 64.2 Å². The maximum Gasteiger partial charge on any atom is 0.210 e. The predicted octanol–water partition coefficient (Wildman–Crippen LogP) is 2.67. The number of carbonyl (C=O) groups is 1. The summed E-state index contributed by atoms with van der Waals surface area (Å²) in [6.45, 7) is 7.40. The Labute approximate surface area is 134 Å². The Balaban J connectivity index is 2.15. The van der Waals surface area contributed by atoms with Gasteiger partial charge in [0.1, 0.15) is 11.6 Å². The van der Waals surface area contributed by atoms with E-state index in [1.165, 1.54) is 0 Å². The fraction of sp³-hybridized carbons (Fsp3) is 0.412. The minimum Gasteiger partial charge on any atom is -0.383 e. The number of carbonyl (C=O) groups excluding carboxylic acids is 1. The van der Waals surface area contributed by atoms with Crippen LogP contribution in [-0.4, -0.2) is 27.1 Å². The largest absolute Gasteiger partial charge is 0.383 e. The van der Waals surface area contributed by atoms with Crippen LogP contribution in [0.3, 0.4) is 0 Å². The van der Waals surface area contributed by atoms with Gasteiger partial charge in [0, 0.05) is 18.0 Å². The Hall–Kier alpha value is -2.37. The van der Waals surface area contributed by atoms with Crippen LogP contribution in [0.2, 0.25) is 0 Å². The number of amides is 1. The van der Waals surface area contributed by atoms with Gasteiger partial charge in [-0.25, -0.2) is 9.07 Å². The smallest absolute Gasteiger partial charge is 0.210 e. The maximum atomic E-state index is 13.9. The van der Waals surface area contributed by atoms with E-state index in [0.29, 0.717) is 23.4 Å². The third-order valence-corrected chi connectivity index (χ3v) is 4.69. The van der Waals surface area contributed by atoms with Crippen molar-refractivity contribution in [3.05, 3.63) is 40.3 Å². The lowest BCUT2D eigenvalue weighted by molar-refractivity contribution is -0.122. The molecule has 2 N–H and O–H groups in total. The van der Waals surface area contributed by atoms with Gasteiger partial charge in [0.15, 0.2) is 0 Å².